The molecule has 0 saturated carbocycles. The molecule has 2 aliphatic rings. The van der Waals surface area contributed by atoms with Crippen molar-refractivity contribution >= 4 is 46.4 Å². The molecule has 0 bridgehead atoms. The number of carbonyl (C=O) groups excluding carboxylic acids is 1. The van der Waals surface area contributed by atoms with Crippen molar-refractivity contribution in [3.8, 4) is 0 Å². The average molecular weight is 439 g/mol. The van der Waals surface area contributed by atoms with Crippen LogP contribution in [0.25, 0.3) is 0 Å². The van der Waals surface area contributed by atoms with Gasteiger partial charge in [-0.3, -0.25) is 4.79 Å². The summed E-state index contributed by atoms with van der Waals surface area (Å²) in [6.45, 7) is 5.03. The Hall–Kier alpha value is -1.06. The van der Waals surface area contributed by atoms with Crippen molar-refractivity contribution in [1.29, 1.82) is 0 Å². The highest BCUT2D eigenvalue weighted by Gasteiger charge is 2.23. The normalized spacial score (nSPS) is 20.0. The van der Waals surface area contributed by atoms with E-state index in [9.17, 15) is 13.2 Å². The van der Waals surface area contributed by atoms with E-state index in [0.717, 1.165) is 38.3 Å². The number of anilines is 1. The Bertz CT molecular complexity index is 701. The highest BCUT2D eigenvalue weighted by Crippen LogP contribution is 2.20. The van der Waals surface area contributed by atoms with Crippen molar-refractivity contribution < 1.29 is 13.2 Å². The molecule has 2 saturated heterocycles. The van der Waals surface area contributed by atoms with Gasteiger partial charge in [0.2, 0.25) is 15.9 Å². The molecule has 0 aliphatic carbocycles. The van der Waals surface area contributed by atoms with E-state index in [2.05, 4.69) is 10.2 Å². The Morgan fingerprint density at radius 3 is 2.26 bits per heavy atom. The van der Waals surface area contributed by atoms with Crippen LogP contribution in [0.4, 0.5) is 5.69 Å². The zero-order valence-electron chi connectivity index (χ0n) is 15.2. The zero-order valence-corrected chi connectivity index (χ0v) is 17.6. The first-order valence-electron chi connectivity index (χ1n) is 8.80. The number of halogens is 2. The van der Waals surface area contributed by atoms with Crippen molar-refractivity contribution in [1.82, 2.24) is 10.2 Å². The van der Waals surface area contributed by atoms with Crippen molar-refractivity contribution in [2.45, 2.75) is 24.2 Å². The van der Waals surface area contributed by atoms with Crippen LogP contribution >= 0.6 is 24.8 Å². The van der Waals surface area contributed by atoms with Crippen molar-refractivity contribution in [2.75, 3.05) is 44.2 Å². The third-order valence-corrected chi connectivity index (χ3v) is 6.02. The minimum atomic E-state index is -3.66. The number of carbonyl (C=O) groups is 1. The minimum absolute atomic E-state index is 0. The lowest BCUT2D eigenvalue weighted by atomic mass is 10.0. The second-order valence-electron chi connectivity index (χ2n) is 6.80. The summed E-state index contributed by atoms with van der Waals surface area (Å²) >= 11 is 0. The molecule has 1 aromatic rings. The van der Waals surface area contributed by atoms with E-state index in [4.69, 9.17) is 5.14 Å². The van der Waals surface area contributed by atoms with Crippen molar-refractivity contribution in [3.05, 3.63) is 24.3 Å². The fourth-order valence-electron chi connectivity index (χ4n) is 3.51. The molecule has 2 fully saturated rings. The maximum absolute atomic E-state index is 12.4. The molecule has 3 N–H and O–H groups in total. The van der Waals surface area contributed by atoms with Gasteiger partial charge >= 0.3 is 0 Å². The third kappa shape index (κ3) is 6.50. The first-order chi connectivity index (χ1) is 11.9. The summed E-state index contributed by atoms with van der Waals surface area (Å²) in [5.41, 5.74) is 0.955. The zero-order chi connectivity index (χ0) is 17.9. The number of nitrogens with one attached hydrogen (secondary N) is 1. The van der Waals surface area contributed by atoms with Gasteiger partial charge < -0.3 is 15.1 Å². The van der Waals surface area contributed by atoms with E-state index < -0.39 is 10.0 Å². The molecule has 2 heterocycles. The first-order valence-corrected chi connectivity index (χ1v) is 10.3. The summed E-state index contributed by atoms with van der Waals surface area (Å²) in [5.74, 6) is 0.888. The van der Waals surface area contributed by atoms with Gasteiger partial charge in [0.05, 0.1) is 4.90 Å². The fraction of sp³-hybridized carbons (Fsp3) is 0.588. The topological polar surface area (TPSA) is 95.7 Å². The number of hydrogen-bond acceptors (Lipinski definition) is 5. The Kier molecular flexibility index (Phi) is 9.30. The number of hydrogen-bond donors (Lipinski definition) is 2. The molecule has 154 valence electrons. The Labute approximate surface area is 173 Å². The van der Waals surface area contributed by atoms with Crippen LogP contribution in [-0.2, 0) is 14.8 Å². The maximum atomic E-state index is 12.4. The molecule has 0 radical (unpaired) electrons. The number of sulfonamides is 1. The highest BCUT2D eigenvalue weighted by atomic mass is 35.5. The lowest BCUT2D eigenvalue weighted by molar-refractivity contribution is -0.131. The first kappa shape index (κ1) is 24.0. The van der Waals surface area contributed by atoms with Crippen LogP contribution in [0.3, 0.4) is 0 Å². The van der Waals surface area contributed by atoms with Crippen LogP contribution in [0.15, 0.2) is 29.2 Å². The minimum Gasteiger partial charge on any atom is -0.368 e. The molecule has 1 amide bonds. The predicted octanol–water partition coefficient (Wildman–Crippen LogP) is 1.22. The number of rotatable bonds is 5. The van der Waals surface area contributed by atoms with Crippen molar-refractivity contribution in [2.24, 2.45) is 11.1 Å². The Morgan fingerprint density at radius 1 is 1.11 bits per heavy atom. The molecular formula is C17H28Cl2N4O3S. The lowest BCUT2D eigenvalue weighted by Gasteiger charge is -2.36. The van der Waals surface area contributed by atoms with Crippen LogP contribution < -0.4 is 15.4 Å². The molecule has 27 heavy (non-hydrogen) atoms. The van der Waals surface area contributed by atoms with Crippen LogP contribution in [0.5, 0.6) is 0 Å². The fourth-order valence-corrected chi connectivity index (χ4v) is 4.02. The summed E-state index contributed by atoms with van der Waals surface area (Å²) in [5, 5.41) is 8.46. The van der Waals surface area contributed by atoms with E-state index in [1.54, 1.807) is 12.1 Å². The number of nitrogens with zero attached hydrogens (tertiary/aromatic N) is 2. The number of piperazine rings is 1. The van der Waals surface area contributed by atoms with Crippen LogP contribution in [0, 0.1) is 5.92 Å². The van der Waals surface area contributed by atoms with E-state index in [1.807, 2.05) is 4.90 Å². The Balaban J connectivity index is 0.00000182. The van der Waals surface area contributed by atoms with E-state index in [1.165, 1.54) is 18.6 Å². The van der Waals surface area contributed by atoms with Gasteiger partial charge in [-0.25, -0.2) is 13.6 Å². The van der Waals surface area contributed by atoms with E-state index in [-0.39, 0.29) is 35.6 Å². The second-order valence-corrected chi connectivity index (χ2v) is 8.37. The van der Waals surface area contributed by atoms with E-state index >= 15 is 0 Å². The van der Waals surface area contributed by atoms with Crippen molar-refractivity contribution in [3.63, 3.8) is 0 Å². The van der Waals surface area contributed by atoms with Gasteiger partial charge in [-0.05, 0) is 56.1 Å². The predicted molar refractivity (Wildman–Crippen MR) is 111 cm³/mol. The molecular weight excluding hydrogens is 411 g/mol. The molecule has 0 spiro atoms. The number of amides is 1. The molecule has 3 rings (SSSR count). The highest BCUT2D eigenvalue weighted by molar-refractivity contribution is 7.89. The SMILES string of the molecule is Cl.Cl.NS(=O)(=O)c1ccc(N2CCN(C(=O)CCC3CCNC3)CC2)cc1. The monoisotopic (exact) mass is 438 g/mol. The van der Waals surface area contributed by atoms with Gasteiger partial charge in [-0.15, -0.1) is 24.8 Å². The molecule has 1 unspecified atom stereocenters. The van der Waals surface area contributed by atoms with Crippen LogP contribution in [0.2, 0.25) is 0 Å². The number of benzene rings is 1. The summed E-state index contributed by atoms with van der Waals surface area (Å²) in [6.07, 6.45) is 2.78. The van der Waals surface area contributed by atoms with E-state index in [0.29, 0.717) is 25.4 Å². The maximum Gasteiger partial charge on any atom is 0.238 e. The molecule has 7 nitrogen and oxygen atoms in total. The van der Waals surface area contributed by atoms with Gasteiger partial charge in [-0.1, -0.05) is 0 Å². The largest absolute Gasteiger partial charge is 0.368 e. The van der Waals surface area contributed by atoms with Gasteiger partial charge in [0, 0.05) is 38.3 Å². The van der Waals surface area contributed by atoms with Gasteiger partial charge in [-0.2, -0.15) is 0 Å². The van der Waals surface area contributed by atoms with Crippen LogP contribution in [-0.4, -0.2) is 58.5 Å². The number of nitrogens with two attached hydrogens (primary N) is 1. The standard InChI is InChI=1S/C17H26N4O3S.2ClH/c18-25(23,24)16-4-2-15(3-5-16)20-9-11-21(12-10-20)17(22)6-1-14-7-8-19-13-14;;/h2-5,14,19H,1,6-13H2,(H2,18,23,24);2*1H. The molecule has 1 aromatic carbocycles. The molecule has 10 heteroatoms. The Morgan fingerprint density at radius 2 is 1.74 bits per heavy atom. The second kappa shape index (κ2) is 10.5. The van der Waals surface area contributed by atoms with Gasteiger partial charge in [0.15, 0.2) is 0 Å². The van der Waals surface area contributed by atoms with Gasteiger partial charge in [0.1, 0.15) is 0 Å². The molecule has 2 aliphatic heterocycles. The summed E-state index contributed by atoms with van der Waals surface area (Å²) in [7, 11) is -3.66. The van der Waals surface area contributed by atoms with Gasteiger partial charge in [0.25, 0.3) is 0 Å². The third-order valence-electron chi connectivity index (χ3n) is 5.09. The summed E-state index contributed by atoms with van der Waals surface area (Å²) in [6, 6.07) is 6.59. The molecule has 1 atom stereocenters. The average Bonchev–Trinajstić information content (AvgIpc) is 3.13. The summed E-state index contributed by atoms with van der Waals surface area (Å²) in [4.78, 5) is 16.6. The smallest absolute Gasteiger partial charge is 0.238 e. The quantitative estimate of drug-likeness (QED) is 0.719. The molecule has 0 aromatic heterocycles. The lowest BCUT2D eigenvalue weighted by Crippen LogP contribution is -2.48. The number of primary sulfonamides is 1. The summed E-state index contributed by atoms with van der Waals surface area (Å²) < 4.78 is 22.6. The van der Waals surface area contributed by atoms with Crippen LogP contribution in [0.1, 0.15) is 19.3 Å².